The number of piperidine rings is 1. The topological polar surface area (TPSA) is 29.5 Å². The zero-order chi connectivity index (χ0) is 22.3. The number of carbonyl (C=O) groups is 1. The molecule has 31 heavy (non-hydrogen) atoms. The molecule has 2 unspecified atom stereocenters. The number of likely N-dealkylation sites (tertiary alicyclic amines) is 1. The van der Waals surface area contributed by atoms with E-state index in [1.165, 1.54) is 57.1 Å². The molecule has 2 atom stereocenters. The highest BCUT2D eigenvalue weighted by atomic mass is 19.4. The van der Waals surface area contributed by atoms with E-state index in [0.717, 1.165) is 25.1 Å². The van der Waals surface area contributed by atoms with E-state index in [9.17, 15) is 18.0 Å². The molecule has 1 saturated heterocycles. The molecule has 1 saturated carbocycles. The molecule has 1 heterocycles. The molecular weight excluding hydrogens is 403 g/mol. The maximum absolute atomic E-state index is 12.9. The summed E-state index contributed by atoms with van der Waals surface area (Å²) in [5, 5.41) is 0. The summed E-state index contributed by atoms with van der Waals surface area (Å²) in [6.45, 7) is 4.61. The minimum absolute atomic E-state index is 0.139. The molecule has 2 fully saturated rings. The summed E-state index contributed by atoms with van der Waals surface area (Å²) in [7, 11) is 0. The van der Waals surface area contributed by atoms with Crippen LogP contribution in [0.25, 0.3) is 0 Å². The van der Waals surface area contributed by atoms with Gasteiger partial charge in [0.05, 0.1) is 12.2 Å². The van der Waals surface area contributed by atoms with Crippen LogP contribution in [-0.4, -0.2) is 30.6 Å². The van der Waals surface area contributed by atoms with Gasteiger partial charge in [0.15, 0.2) is 0 Å². The molecular formula is C25H36F3NO2. The number of alkyl halides is 3. The maximum atomic E-state index is 12.9. The highest BCUT2D eigenvalue weighted by molar-refractivity contribution is 5.69. The van der Waals surface area contributed by atoms with Crippen LogP contribution in [0.1, 0.15) is 75.8 Å². The Labute approximate surface area is 184 Å². The van der Waals surface area contributed by atoms with E-state index < -0.39 is 11.7 Å². The van der Waals surface area contributed by atoms with Crippen LogP contribution in [0.5, 0.6) is 0 Å². The molecule has 0 N–H and O–H groups in total. The first-order valence-corrected chi connectivity index (χ1v) is 11.9. The molecule has 0 radical (unpaired) electrons. The summed E-state index contributed by atoms with van der Waals surface area (Å²) < 4.78 is 43.8. The van der Waals surface area contributed by atoms with E-state index in [1.807, 2.05) is 6.92 Å². The lowest BCUT2D eigenvalue weighted by molar-refractivity contribution is -0.145. The quantitative estimate of drug-likeness (QED) is 0.477. The number of hydrogen-bond acceptors (Lipinski definition) is 3. The first kappa shape index (κ1) is 24.1. The Morgan fingerprint density at radius 3 is 2.26 bits per heavy atom. The molecule has 2 aliphatic rings. The molecule has 1 aliphatic carbocycles. The van der Waals surface area contributed by atoms with Gasteiger partial charge in [0.25, 0.3) is 0 Å². The zero-order valence-corrected chi connectivity index (χ0v) is 18.6. The van der Waals surface area contributed by atoms with Crippen LogP contribution in [0.4, 0.5) is 13.2 Å². The number of hydrogen-bond donors (Lipinski definition) is 0. The van der Waals surface area contributed by atoms with Gasteiger partial charge in [0.1, 0.15) is 0 Å². The van der Waals surface area contributed by atoms with E-state index in [4.69, 9.17) is 4.74 Å². The largest absolute Gasteiger partial charge is 0.466 e. The molecule has 3 rings (SSSR count). The van der Waals surface area contributed by atoms with Gasteiger partial charge in [0.2, 0.25) is 0 Å². The standard InChI is InChI=1S/C25H36F3NO2/c1-2-31-24(30)15-20-14-22(21-8-6-4-3-5-7-9-21)18-29(17-20)16-19-10-12-23(13-11-19)25(26,27)28/h10-13,20-22H,2-9,14-18H2,1H3. The molecule has 174 valence electrons. The Balaban J connectivity index is 1.68. The lowest BCUT2D eigenvalue weighted by Gasteiger charge is -2.41. The Morgan fingerprint density at radius 1 is 1.00 bits per heavy atom. The van der Waals surface area contributed by atoms with Crippen molar-refractivity contribution in [2.24, 2.45) is 17.8 Å². The highest BCUT2D eigenvalue weighted by Gasteiger charge is 2.34. The van der Waals surface area contributed by atoms with Gasteiger partial charge in [-0.15, -0.1) is 0 Å². The van der Waals surface area contributed by atoms with Crippen molar-refractivity contribution < 1.29 is 22.7 Å². The van der Waals surface area contributed by atoms with Crippen LogP contribution in [0.3, 0.4) is 0 Å². The number of carbonyl (C=O) groups excluding carboxylic acids is 1. The maximum Gasteiger partial charge on any atom is 0.416 e. The Morgan fingerprint density at radius 2 is 1.65 bits per heavy atom. The highest BCUT2D eigenvalue weighted by Crippen LogP contribution is 2.37. The molecule has 0 spiro atoms. The normalized spacial score (nSPS) is 24.4. The first-order chi connectivity index (χ1) is 14.8. The van der Waals surface area contributed by atoms with Crippen LogP contribution < -0.4 is 0 Å². The number of halogens is 3. The molecule has 1 aliphatic heterocycles. The van der Waals surface area contributed by atoms with Gasteiger partial charge in [0, 0.05) is 26.1 Å². The van der Waals surface area contributed by atoms with Crippen molar-refractivity contribution in [3.63, 3.8) is 0 Å². The molecule has 3 nitrogen and oxygen atoms in total. The fraction of sp³-hybridized carbons (Fsp3) is 0.720. The van der Waals surface area contributed by atoms with E-state index in [0.29, 0.717) is 31.4 Å². The Bertz CT molecular complexity index is 681. The fourth-order valence-corrected chi connectivity index (χ4v) is 5.44. The minimum Gasteiger partial charge on any atom is -0.466 e. The number of nitrogens with zero attached hydrogens (tertiary/aromatic N) is 1. The smallest absolute Gasteiger partial charge is 0.416 e. The number of ether oxygens (including phenoxy) is 1. The SMILES string of the molecule is CCOC(=O)CC1CC(C2CCCCCCC2)CN(Cc2ccc(C(F)(F)F)cc2)C1. The van der Waals surface area contributed by atoms with Gasteiger partial charge in [-0.2, -0.15) is 13.2 Å². The van der Waals surface area contributed by atoms with E-state index in [2.05, 4.69) is 4.90 Å². The van der Waals surface area contributed by atoms with Crippen molar-refractivity contribution >= 4 is 5.97 Å². The van der Waals surface area contributed by atoms with E-state index in [1.54, 1.807) is 12.1 Å². The van der Waals surface area contributed by atoms with Gasteiger partial charge >= 0.3 is 12.1 Å². The predicted octanol–water partition coefficient (Wildman–Crippen LogP) is 6.46. The number of rotatable bonds is 6. The molecule has 0 aromatic heterocycles. The van der Waals surface area contributed by atoms with Gasteiger partial charge < -0.3 is 4.74 Å². The van der Waals surface area contributed by atoms with Crippen molar-refractivity contribution in [1.29, 1.82) is 0 Å². The third-order valence-corrected chi connectivity index (χ3v) is 6.91. The zero-order valence-electron chi connectivity index (χ0n) is 18.6. The lowest BCUT2D eigenvalue weighted by Crippen LogP contribution is -2.43. The second kappa shape index (κ2) is 11.3. The summed E-state index contributed by atoms with van der Waals surface area (Å²) in [5.74, 6) is 1.33. The van der Waals surface area contributed by atoms with Gasteiger partial charge in [-0.1, -0.05) is 57.1 Å². The second-order valence-corrected chi connectivity index (χ2v) is 9.36. The van der Waals surface area contributed by atoms with Crippen molar-refractivity contribution in [3.05, 3.63) is 35.4 Å². The molecule has 1 aromatic rings. The second-order valence-electron chi connectivity index (χ2n) is 9.36. The van der Waals surface area contributed by atoms with Crippen molar-refractivity contribution in [3.8, 4) is 0 Å². The average molecular weight is 440 g/mol. The lowest BCUT2D eigenvalue weighted by atomic mass is 9.74. The molecule has 6 heteroatoms. The van der Waals surface area contributed by atoms with Gasteiger partial charge in [-0.05, 0) is 48.8 Å². The monoisotopic (exact) mass is 439 g/mol. The van der Waals surface area contributed by atoms with Gasteiger partial charge in [-0.25, -0.2) is 0 Å². The number of esters is 1. The van der Waals surface area contributed by atoms with Crippen molar-refractivity contribution in [1.82, 2.24) is 4.90 Å². The molecule has 0 bridgehead atoms. The summed E-state index contributed by atoms with van der Waals surface area (Å²) >= 11 is 0. The Hall–Kier alpha value is -1.56. The van der Waals surface area contributed by atoms with E-state index in [-0.39, 0.29) is 11.9 Å². The van der Waals surface area contributed by atoms with Crippen LogP contribution in [-0.2, 0) is 22.3 Å². The number of benzene rings is 1. The van der Waals surface area contributed by atoms with Crippen molar-refractivity contribution in [2.45, 2.75) is 77.4 Å². The third-order valence-electron chi connectivity index (χ3n) is 6.91. The van der Waals surface area contributed by atoms with Crippen LogP contribution in [0.2, 0.25) is 0 Å². The summed E-state index contributed by atoms with van der Waals surface area (Å²) in [4.78, 5) is 14.5. The average Bonchev–Trinajstić information content (AvgIpc) is 2.67. The van der Waals surface area contributed by atoms with Crippen LogP contribution in [0.15, 0.2) is 24.3 Å². The third kappa shape index (κ3) is 7.51. The predicted molar refractivity (Wildman–Crippen MR) is 115 cm³/mol. The van der Waals surface area contributed by atoms with Crippen LogP contribution >= 0.6 is 0 Å². The summed E-state index contributed by atoms with van der Waals surface area (Å²) in [6, 6.07) is 5.51. The fourth-order valence-electron chi connectivity index (χ4n) is 5.44. The Kier molecular flexibility index (Phi) is 8.82. The minimum atomic E-state index is -4.31. The van der Waals surface area contributed by atoms with Crippen LogP contribution in [0, 0.1) is 17.8 Å². The molecule has 1 aromatic carbocycles. The summed E-state index contributed by atoms with van der Waals surface area (Å²) in [6.07, 6.45) is 6.20. The van der Waals surface area contributed by atoms with Gasteiger partial charge in [-0.3, -0.25) is 9.69 Å². The molecule has 0 amide bonds. The summed E-state index contributed by atoms with van der Waals surface area (Å²) in [5.41, 5.74) is 0.281. The first-order valence-electron chi connectivity index (χ1n) is 11.9. The van der Waals surface area contributed by atoms with Crippen molar-refractivity contribution in [2.75, 3.05) is 19.7 Å². The van der Waals surface area contributed by atoms with E-state index >= 15 is 0 Å².